The molecule has 0 fully saturated rings. The first-order valence-electron chi connectivity index (χ1n) is 8.84. The van der Waals surface area contributed by atoms with Crippen molar-refractivity contribution in [2.75, 3.05) is 18.5 Å². The second-order valence-corrected chi connectivity index (χ2v) is 5.91. The zero-order valence-corrected chi connectivity index (χ0v) is 15.2. The molecule has 3 rings (SSSR count). The van der Waals surface area contributed by atoms with Crippen LogP contribution in [0.15, 0.2) is 84.9 Å². The van der Waals surface area contributed by atoms with Gasteiger partial charge in [-0.1, -0.05) is 30.3 Å². The van der Waals surface area contributed by atoms with Crippen LogP contribution in [-0.2, 0) is 4.79 Å². The van der Waals surface area contributed by atoms with E-state index in [4.69, 9.17) is 9.47 Å². The Morgan fingerprint density at radius 1 is 0.821 bits per heavy atom. The number of ether oxygens (including phenoxy) is 2. The second-order valence-electron chi connectivity index (χ2n) is 5.91. The van der Waals surface area contributed by atoms with Crippen LogP contribution >= 0.6 is 0 Å². The minimum Gasteiger partial charge on any atom is -0.490 e. The lowest BCUT2D eigenvalue weighted by Crippen LogP contribution is -2.09. The van der Waals surface area contributed by atoms with Crippen molar-refractivity contribution in [2.24, 2.45) is 0 Å². The number of amides is 1. The van der Waals surface area contributed by atoms with Crippen LogP contribution in [0.2, 0.25) is 0 Å². The highest BCUT2D eigenvalue weighted by molar-refractivity contribution is 6.01. The van der Waals surface area contributed by atoms with Crippen LogP contribution in [0.25, 0.3) is 6.08 Å². The van der Waals surface area contributed by atoms with E-state index in [0.717, 1.165) is 11.3 Å². The van der Waals surface area contributed by atoms with Gasteiger partial charge in [0.05, 0.1) is 0 Å². The summed E-state index contributed by atoms with van der Waals surface area (Å²) in [6, 6.07) is 22.5. The van der Waals surface area contributed by atoms with Crippen molar-refractivity contribution in [1.29, 1.82) is 0 Å². The average Bonchev–Trinajstić information content (AvgIpc) is 2.73. The Bertz CT molecular complexity index is 907. The fourth-order valence-corrected chi connectivity index (χ4v) is 2.40. The maximum atomic E-state index is 12.9. The first kappa shape index (κ1) is 19.2. The largest absolute Gasteiger partial charge is 0.490 e. The van der Waals surface area contributed by atoms with Gasteiger partial charge in [-0.25, -0.2) is 4.39 Å². The lowest BCUT2D eigenvalue weighted by molar-refractivity contribution is -0.111. The molecule has 0 bridgehead atoms. The molecular weight excluding hydrogens is 357 g/mol. The van der Waals surface area contributed by atoms with E-state index in [-0.39, 0.29) is 11.7 Å². The summed E-state index contributed by atoms with van der Waals surface area (Å²) in [5, 5.41) is 2.76. The molecular formula is C23H20FNO3. The number of nitrogens with one attached hydrogen (secondary N) is 1. The lowest BCUT2D eigenvalue weighted by Gasteiger charge is -2.09. The third-order valence-electron chi connectivity index (χ3n) is 3.78. The standard InChI is InChI=1S/C23H20FNO3/c24-19-9-6-18(7-10-19)8-15-23(26)25-20-11-13-22(14-12-20)28-17-16-27-21-4-2-1-3-5-21/h1-15H,16-17H2,(H,25,26)/b15-8+. The van der Waals surface area contributed by atoms with E-state index in [0.29, 0.717) is 24.7 Å². The zero-order valence-electron chi connectivity index (χ0n) is 15.2. The number of carbonyl (C=O) groups excluding carboxylic acids is 1. The van der Waals surface area contributed by atoms with Crippen LogP contribution in [0.5, 0.6) is 11.5 Å². The van der Waals surface area contributed by atoms with Crippen LogP contribution in [-0.4, -0.2) is 19.1 Å². The molecule has 0 spiro atoms. The molecule has 0 aromatic heterocycles. The quantitative estimate of drug-likeness (QED) is 0.447. The summed E-state index contributed by atoms with van der Waals surface area (Å²) in [4.78, 5) is 12.0. The van der Waals surface area contributed by atoms with Gasteiger partial charge in [-0.05, 0) is 60.2 Å². The summed E-state index contributed by atoms with van der Waals surface area (Å²) in [7, 11) is 0. The molecule has 1 amide bonds. The molecule has 0 aliphatic carbocycles. The number of benzene rings is 3. The Hall–Kier alpha value is -3.60. The Balaban J connectivity index is 1.42. The monoisotopic (exact) mass is 377 g/mol. The van der Waals surface area contributed by atoms with E-state index in [9.17, 15) is 9.18 Å². The van der Waals surface area contributed by atoms with Gasteiger partial charge < -0.3 is 14.8 Å². The number of anilines is 1. The second kappa shape index (κ2) is 9.92. The third kappa shape index (κ3) is 6.29. The number of para-hydroxylation sites is 1. The van der Waals surface area contributed by atoms with E-state index in [2.05, 4.69) is 5.32 Å². The van der Waals surface area contributed by atoms with Crippen molar-refractivity contribution in [3.05, 3.63) is 96.3 Å². The molecule has 0 aliphatic rings. The smallest absolute Gasteiger partial charge is 0.248 e. The van der Waals surface area contributed by atoms with E-state index in [1.165, 1.54) is 18.2 Å². The summed E-state index contributed by atoms with van der Waals surface area (Å²) in [6.07, 6.45) is 3.03. The Morgan fingerprint density at radius 3 is 2.07 bits per heavy atom. The topological polar surface area (TPSA) is 47.6 Å². The van der Waals surface area contributed by atoms with Crippen LogP contribution in [0.3, 0.4) is 0 Å². The minimum atomic E-state index is -0.310. The van der Waals surface area contributed by atoms with Gasteiger partial charge in [0.1, 0.15) is 30.5 Å². The molecule has 0 atom stereocenters. The van der Waals surface area contributed by atoms with Gasteiger partial charge in [-0.2, -0.15) is 0 Å². The first-order chi connectivity index (χ1) is 13.7. The number of carbonyl (C=O) groups is 1. The maximum Gasteiger partial charge on any atom is 0.248 e. The molecule has 28 heavy (non-hydrogen) atoms. The fourth-order valence-electron chi connectivity index (χ4n) is 2.40. The maximum absolute atomic E-state index is 12.9. The molecule has 3 aromatic carbocycles. The van der Waals surface area contributed by atoms with Gasteiger partial charge in [0.2, 0.25) is 5.91 Å². The summed E-state index contributed by atoms with van der Waals surface area (Å²) in [6.45, 7) is 0.859. The molecule has 3 aromatic rings. The molecule has 0 saturated heterocycles. The SMILES string of the molecule is O=C(/C=C/c1ccc(F)cc1)Nc1ccc(OCCOc2ccccc2)cc1. The van der Waals surface area contributed by atoms with Crippen LogP contribution in [0, 0.1) is 5.82 Å². The molecule has 0 heterocycles. The lowest BCUT2D eigenvalue weighted by atomic mass is 10.2. The highest BCUT2D eigenvalue weighted by Crippen LogP contribution is 2.16. The highest BCUT2D eigenvalue weighted by atomic mass is 19.1. The van der Waals surface area contributed by atoms with Crippen molar-refractivity contribution in [3.63, 3.8) is 0 Å². The van der Waals surface area contributed by atoms with E-state index >= 15 is 0 Å². The normalized spacial score (nSPS) is 10.6. The third-order valence-corrected chi connectivity index (χ3v) is 3.78. The van der Waals surface area contributed by atoms with Gasteiger partial charge in [0.15, 0.2) is 0 Å². The van der Waals surface area contributed by atoms with Gasteiger partial charge >= 0.3 is 0 Å². The summed E-state index contributed by atoms with van der Waals surface area (Å²) in [5.41, 5.74) is 1.40. The van der Waals surface area contributed by atoms with E-state index in [1.807, 2.05) is 30.3 Å². The molecule has 0 saturated carbocycles. The molecule has 142 valence electrons. The predicted octanol–water partition coefficient (Wildman–Crippen LogP) is 4.94. The number of hydrogen-bond donors (Lipinski definition) is 1. The summed E-state index contributed by atoms with van der Waals surface area (Å²) in [5.74, 6) is 0.916. The summed E-state index contributed by atoms with van der Waals surface area (Å²) >= 11 is 0. The van der Waals surface area contributed by atoms with E-state index < -0.39 is 0 Å². The van der Waals surface area contributed by atoms with Crippen LogP contribution in [0.4, 0.5) is 10.1 Å². The molecule has 1 N–H and O–H groups in total. The zero-order chi connectivity index (χ0) is 19.6. The summed E-state index contributed by atoms with van der Waals surface area (Å²) < 4.78 is 24.0. The van der Waals surface area contributed by atoms with Crippen molar-refractivity contribution in [1.82, 2.24) is 0 Å². The highest BCUT2D eigenvalue weighted by Gasteiger charge is 2.00. The predicted molar refractivity (Wildman–Crippen MR) is 108 cm³/mol. The molecule has 4 nitrogen and oxygen atoms in total. The van der Waals surface area contributed by atoms with Crippen molar-refractivity contribution < 1.29 is 18.7 Å². The van der Waals surface area contributed by atoms with Gasteiger partial charge in [0.25, 0.3) is 0 Å². The van der Waals surface area contributed by atoms with E-state index in [1.54, 1.807) is 42.5 Å². The minimum absolute atomic E-state index is 0.269. The number of halogens is 1. The molecule has 5 heteroatoms. The molecule has 0 radical (unpaired) electrons. The number of rotatable bonds is 8. The first-order valence-corrected chi connectivity index (χ1v) is 8.84. The number of hydrogen-bond acceptors (Lipinski definition) is 3. The molecule has 0 aliphatic heterocycles. The Labute approximate surface area is 163 Å². The van der Waals surface area contributed by atoms with Crippen LogP contribution in [0.1, 0.15) is 5.56 Å². The Kier molecular flexibility index (Phi) is 6.79. The van der Waals surface area contributed by atoms with Gasteiger partial charge in [-0.3, -0.25) is 4.79 Å². The average molecular weight is 377 g/mol. The van der Waals surface area contributed by atoms with Crippen molar-refractivity contribution >= 4 is 17.7 Å². The molecule has 0 unspecified atom stereocenters. The van der Waals surface area contributed by atoms with Crippen molar-refractivity contribution in [2.45, 2.75) is 0 Å². The fraction of sp³-hybridized carbons (Fsp3) is 0.0870. The van der Waals surface area contributed by atoms with Gasteiger partial charge in [-0.15, -0.1) is 0 Å². The van der Waals surface area contributed by atoms with Gasteiger partial charge in [0, 0.05) is 11.8 Å². The van der Waals surface area contributed by atoms with Crippen LogP contribution < -0.4 is 14.8 Å². The van der Waals surface area contributed by atoms with Crippen molar-refractivity contribution in [3.8, 4) is 11.5 Å². The Morgan fingerprint density at radius 2 is 1.43 bits per heavy atom.